The van der Waals surface area contributed by atoms with E-state index in [0.717, 1.165) is 25.8 Å². The lowest BCUT2D eigenvalue weighted by molar-refractivity contribution is -0.121. The third kappa shape index (κ3) is 1.38. The Kier molecular flexibility index (Phi) is 1.82. The first-order valence-electron chi connectivity index (χ1n) is 4.39. The Balaban J connectivity index is 0.000000720. The maximum absolute atomic E-state index is 11.1. The highest BCUT2D eigenvalue weighted by Crippen LogP contribution is 2.16. The molecule has 0 aromatic rings. The van der Waals surface area contributed by atoms with Crippen LogP contribution in [0.15, 0.2) is 0 Å². The molecule has 2 saturated heterocycles. The third-order valence-corrected chi connectivity index (χ3v) is 2.61. The zero-order valence-corrected chi connectivity index (χ0v) is 6.60. The molecular weight excluding hydrogens is 140 g/mol. The molecule has 0 aromatic carbocycles. The molecule has 2 rings (SSSR count). The Morgan fingerprint density at radius 3 is 3.18 bits per heavy atom. The van der Waals surface area contributed by atoms with Gasteiger partial charge in [0, 0.05) is 21.4 Å². The van der Waals surface area contributed by atoms with Crippen LogP contribution < -0.4 is 10.6 Å². The van der Waals surface area contributed by atoms with Crippen molar-refractivity contribution in [1.82, 2.24) is 10.6 Å². The molecule has 11 heavy (non-hydrogen) atoms. The van der Waals surface area contributed by atoms with Gasteiger partial charge in [-0.15, -0.1) is 0 Å². The lowest BCUT2D eigenvalue weighted by Gasteiger charge is -2.15. The number of fused-ring (bicyclic) bond motifs is 1. The maximum Gasteiger partial charge on any atom is 0.220 e. The molecule has 3 heteroatoms. The normalized spacial score (nSPS) is 37.6. The van der Waals surface area contributed by atoms with Crippen LogP contribution in [-0.4, -0.2) is 24.5 Å². The van der Waals surface area contributed by atoms with Crippen LogP contribution in [0.25, 0.3) is 0 Å². The fourth-order valence-corrected chi connectivity index (χ4v) is 2.01. The predicted octanol–water partition coefficient (Wildman–Crippen LogP) is 0.509. The van der Waals surface area contributed by atoms with E-state index in [2.05, 4.69) is 10.6 Å². The van der Waals surface area contributed by atoms with Crippen LogP contribution in [-0.2, 0) is 4.79 Å². The number of carbonyl (C=O) groups excluding carboxylic acids is 1. The molecule has 2 fully saturated rings. The van der Waals surface area contributed by atoms with Gasteiger partial charge in [0.1, 0.15) is 0 Å². The van der Waals surface area contributed by atoms with Crippen molar-refractivity contribution in [3.05, 3.63) is 0 Å². The van der Waals surface area contributed by atoms with Gasteiger partial charge in [0.05, 0.1) is 0 Å². The van der Waals surface area contributed by atoms with Gasteiger partial charge in [-0.05, 0) is 25.8 Å². The predicted molar refractivity (Wildman–Crippen MR) is 46.4 cm³/mol. The molecule has 3 nitrogen and oxygen atoms in total. The molecular formula is C8H18N2O. The van der Waals surface area contributed by atoms with Crippen molar-refractivity contribution in [3.63, 3.8) is 0 Å². The minimum atomic E-state index is 0. The van der Waals surface area contributed by atoms with E-state index in [1.54, 1.807) is 0 Å². The van der Waals surface area contributed by atoms with E-state index in [-0.39, 0.29) is 8.76 Å². The summed E-state index contributed by atoms with van der Waals surface area (Å²) in [5.41, 5.74) is 0. The van der Waals surface area contributed by atoms with Crippen LogP contribution in [0.4, 0.5) is 0 Å². The number of rotatable bonds is 0. The Morgan fingerprint density at radius 2 is 2.27 bits per heavy atom. The van der Waals surface area contributed by atoms with Crippen molar-refractivity contribution < 1.29 is 7.65 Å². The Labute approximate surface area is 69.5 Å². The van der Waals surface area contributed by atoms with Gasteiger partial charge in [-0.1, -0.05) is 0 Å². The number of hydrogen-bond donors (Lipinski definition) is 2. The molecule has 2 aliphatic rings. The molecule has 2 aliphatic heterocycles. The molecule has 0 radical (unpaired) electrons. The fraction of sp³-hybridized carbons (Fsp3) is 0.875. The molecule has 0 spiro atoms. The van der Waals surface area contributed by atoms with Gasteiger partial charge in [0.25, 0.3) is 0 Å². The van der Waals surface area contributed by atoms with Crippen molar-refractivity contribution in [2.45, 2.75) is 37.8 Å². The van der Waals surface area contributed by atoms with E-state index in [1.165, 1.54) is 0 Å². The van der Waals surface area contributed by atoms with Crippen molar-refractivity contribution in [3.8, 4) is 0 Å². The average molecular weight is 158 g/mol. The summed E-state index contributed by atoms with van der Waals surface area (Å²) in [5.74, 6) is 0.237. The highest BCUT2D eigenvalue weighted by atomic mass is 16.1. The van der Waals surface area contributed by atoms with Crippen molar-refractivity contribution in [1.29, 1.82) is 0 Å². The fourth-order valence-electron chi connectivity index (χ4n) is 2.01. The van der Waals surface area contributed by atoms with Crippen molar-refractivity contribution >= 4 is 5.91 Å². The molecule has 0 unspecified atom stereocenters. The summed E-state index contributed by atoms with van der Waals surface area (Å²) in [5, 5.41) is 6.44. The summed E-state index contributed by atoms with van der Waals surface area (Å²) in [4.78, 5) is 11.1. The third-order valence-electron chi connectivity index (χ3n) is 2.61. The summed E-state index contributed by atoms with van der Waals surface area (Å²) < 4.78 is 0. The van der Waals surface area contributed by atoms with Gasteiger partial charge >= 0.3 is 0 Å². The smallest absolute Gasteiger partial charge is 0.220 e. The van der Waals surface area contributed by atoms with Gasteiger partial charge in [0.2, 0.25) is 5.91 Å². The van der Waals surface area contributed by atoms with E-state index in [4.69, 9.17) is 0 Å². The summed E-state index contributed by atoms with van der Waals surface area (Å²) in [6, 6.07) is 0.978. The zero-order valence-electron chi connectivity index (χ0n) is 6.60. The van der Waals surface area contributed by atoms with Crippen LogP contribution in [0, 0.1) is 0 Å². The molecule has 0 bridgehead atoms. The van der Waals surface area contributed by atoms with Gasteiger partial charge < -0.3 is 10.6 Å². The molecule has 0 aromatic heterocycles. The van der Waals surface area contributed by atoms with Crippen molar-refractivity contribution in [2.75, 3.05) is 6.54 Å². The second-order valence-corrected chi connectivity index (χ2v) is 3.42. The first-order chi connectivity index (χ1) is 5.36. The molecule has 66 valence electrons. The highest BCUT2D eigenvalue weighted by Gasteiger charge is 2.29. The Hall–Kier alpha value is -0.570. The van der Waals surface area contributed by atoms with Crippen LogP contribution in [0.5, 0.6) is 0 Å². The zero-order chi connectivity index (χ0) is 7.68. The SMILES string of the molecule is O=C1CCC[C@@H]2NCC[C@H]2N1.[HH].[HH]. The topological polar surface area (TPSA) is 41.1 Å². The minimum absolute atomic E-state index is 0. The van der Waals surface area contributed by atoms with E-state index in [1.807, 2.05) is 0 Å². The van der Waals surface area contributed by atoms with E-state index in [9.17, 15) is 4.79 Å². The molecule has 0 saturated carbocycles. The number of carbonyl (C=O) groups is 1. The number of hydrogen-bond acceptors (Lipinski definition) is 2. The summed E-state index contributed by atoms with van der Waals surface area (Å²) in [6.45, 7) is 1.07. The summed E-state index contributed by atoms with van der Waals surface area (Å²) in [6.07, 6.45) is 4.02. The molecule has 1 amide bonds. The quantitative estimate of drug-likeness (QED) is 0.539. The summed E-state index contributed by atoms with van der Waals surface area (Å²) >= 11 is 0. The molecule has 2 N–H and O–H groups in total. The first kappa shape index (κ1) is 7.10. The Bertz CT molecular complexity index is 178. The van der Waals surface area contributed by atoms with Gasteiger partial charge in [-0.2, -0.15) is 0 Å². The number of amides is 1. The van der Waals surface area contributed by atoms with Crippen LogP contribution in [0.3, 0.4) is 0 Å². The van der Waals surface area contributed by atoms with E-state index < -0.39 is 0 Å². The molecule has 2 heterocycles. The van der Waals surface area contributed by atoms with Gasteiger partial charge in [0.15, 0.2) is 0 Å². The maximum atomic E-state index is 11.1. The second kappa shape index (κ2) is 2.81. The first-order valence-corrected chi connectivity index (χ1v) is 4.39. The van der Waals surface area contributed by atoms with E-state index in [0.29, 0.717) is 18.5 Å². The largest absolute Gasteiger partial charge is 0.352 e. The van der Waals surface area contributed by atoms with Crippen LogP contribution in [0.2, 0.25) is 0 Å². The molecule has 2 atom stereocenters. The molecule has 0 aliphatic carbocycles. The van der Waals surface area contributed by atoms with E-state index >= 15 is 0 Å². The number of nitrogens with one attached hydrogen (secondary N) is 2. The van der Waals surface area contributed by atoms with Gasteiger partial charge in [-0.25, -0.2) is 0 Å². The average Bonchev–Trinajstić information content (AvgIpc) is 2.31. The summed E-state index contributed by atoms with van der Waals surface area (Å²) in [7, 11) is 0. The van der Waals surface area contributed by atoms with Gasteiger partial charge in [-0.3, -0.25) is 4.79 Å². The Morgan fingerprint density at radius 1 is 1.36 bits per heavy atom. The van der Waals surface area contributed by atoms with Crippen LogP contribution in [0.1, 0.15) is 28.5 Å². The minimum Gasteiger partial charge on any atom is -0.352 e. The second-order valence-electron chi connectivity index (χ2n) is 3.42. The lowest BCUT2D eigenvalue weighted by Crippen LogP contribution is -2.40. The standard InChI is InChI=1S/C8H14N2O.2H2/c11-8-3-1-2-6-7(10-8)4-5-9-6;;/h6-7,9H,1-5H2,(H,10,11);2*1H/t6-,7+;;/m0../s1. The van der Waals surface area contributed by atoms with Crippen molar-refractivity contribution in [2.24, 2.45) is 0 Å². The van der Waals surface area contributed by atoms with Crippen LogP contribution >= 0.6 is 0 Å². The monoisotopic (exact) mass is 158 g/mol. The lowest BCUT2D eigenvalue weighted by atomic mass is 10.1. The highest BCUT2D eigenvalue weighted by molar-refractivity contribution is 5.76.